The van der Waals surface area contributed by atoms with Crippen molar-refractivity contribution >= 4 is 17.2 Å². The van der Waals surface area contributed by atoms with E-state index in [2.05, 4.69) is 85.7 Å². The molecule has 1 aliphatic heterocycles. The van der Waals surface area contributed by atoms with Crippen molar-refractivity contribution < 1.29 is 5.12 Å². The van der Waals surface area contributed by atoms with Crippen LogP contribution in [0.1, 0.15) is 84.0 Å². The van der Waals surface area contributed by atoms with Gasteiger partial charge in [0.1, 0.15) is 0 Å². The molecule has 3 aromatic heterocycles. The molecule has 1 unspecified atom stereocenters. The summed E-state index contributed by atoms with van der Waals surface area (Å²) in [5.41, 5.74) is 5.86. The van der Waals surface area contributed by atoms with Gasteiger partial charge in [-0.1, -0.05) is 90.5 Å². The molecule has 1 aliphatic rings. The molecule has 4 aromatic rings. The number of allylic oxidation sites excluding steroid dienone is 1. The van der Waals surface area contributed by atoms with Crippen molar-refractivity contribution in [2.24, 2.45) is 10.5 Å². The minimum atomic E-state index is -0.0874. The Hall–Kier alpha value is -3.78. The highest BCUT2D eigenvalue weighted by atomic mass is 15.8. The van der Waals surface area contributed by atoms with Crippen LogP contribution in [0.15, 0.2) is 72.2 Å². The van der Waals surface area contributed by atoms with Crippen molar-refractivity contribution in [1.29, 1.82) is 0 Å². The molecule has 8 nitrogen and oxygen atoms in total. The van der Waals surface area contributed by atoms with Crippen LogP contribution < -0.4 is 5.12 Å². The lowest BCUT2D eigenvalue weighted by atomic mass is 9.91. The van der Waals surface area contributed by atoms with E-state index < -0.39 is 0 Å². The third kappa shape index (κ3) is 5.13. The quantitative estimate of drug-likeness (QED) is 0.403. The van der Waals surface area contributed by atoms with Gasteiger partial charge >= 0.3 is 5.82 Å². The van der Waals surface area contributed by atoms with Gasteiger partial charge in [-0.15, -0.1) is 5.10 Å². The van der Waals surface area contributed by atoms with Crippen LogP contribution in [-0.2, 0) is 11.8 Å². The zero-order valence-electron chi connectivity index (χ0n) is 23.8. The van der Waals surface area contributed by atoms with Crippen molar-refractivity contribution in [2.75, 3.05) is 0 Å². The maximum Gasteiger partial charge on any atom is 0.309 e. The van der Waals surface area contributed by atoms with Gasteiger partial charge in [0.25, 0.3) is 0 Å². The molecule has 1 N–H and O–H groups in total. The number of nitrogens with zero attached hydrogens (tertiary/aromatic N) is 7. The number of quaternary nitrogens is 1. The van der Waals surface area contributed by atoms with Gasteiger partial charge in [0, 0.05) is 23.4 Å². The average molecular weight is 512 g/mol. The predicted molar refractivity (Wildman–Crippen MR) is 151 cm³/mol. The molecule has 198 valence electrons. The topological polar surface area (TPSA) is 70.3 Å². The lowest BCUT2D eigenvalue weighted by Crippen LogP contribution is -3.07. The Morgan fingerprint density at radius 2 is 1.50 bits per heavy atom. The number of hydrogen-bond donors (Lipinski definition) is 1. The lowest BCUT2D eigenvalue weighted by molar-refractivity contribution is -0.889. The number of aromatic nitrogens is 6. The third-order valence-corrected chi connectivity index (χ3v) is 6.52. The van der Waals surface area contributed by atoms with Gasteiger partial charge in [-0.05, 0) is 46.2 Å². The van der Waals surface area contributed by atoms with Crippen LogP contribution in [0.4, 0.5) is 0 Å². The average Bonchev–Trinajstić information content (AvgIpc) is 3.62. The zero-order valence-corrected chi connectivity index (χ0v) is 23.8. The van der Waals surface area contributed by atoms with Gasteiger partial charge in [-0.2, -0.15) is 14.9 Å². The predicted octanol–water partition coefficient (Wildman–Crippen LogP) is 4.84. The van der Waals surface area contributed by atoms with Crippen LogP contribution in [0.25, 0.3) is 11.5 Å². The van der Waals surface area contributed by atoms with Crippen molar-refractivity contribution in [2.45, 2.75) is 73.1 Å². The zero-order chi connectivity index (χ0) is 27.2. The Labute approximate surface area is 225 Å². The molecule has 0 saturated heterocycles. The van der Waals surface area contributed by atoms with Gasteiger partial charge in [0.05, 0.1) is 23.3 Å². The van der Waals surface area contributed by atoms with Crippen LogP contribution in [0.5, 0.6) is 0 Å². The first kappa shape index (κ1) is 25.9. The van der Waals surface area contributed by atoms with Gasteiger partial charge in [-0.3, -0.25) is 0 Å². The van der Waals surface area contributed by atoms with E-state index in [1.807, 2.05) is 50.9 Å². The Morgan fingerprint density at radius 1 is 0.789 bits per heavy atom. The van der Waals surface area contributed by atoms with Crippen LogP contribution in [0, 0.1) is 5.41 Å². The summed E-state index contributed by atoms with van der Waals surface area (Å²) in [4.78, 5) is 1.87. The first-order valence-corrected chi connectivity index (χ1v) is 13.3. The Balaban J connectivity index is 1.75. The Kier molecular flexibility index (Phi) is 6.47. The standard InChI is InChI=1S/C30H38N8/c1-21(2)24-15-19-37(32-24)38-28(36-18-16-25(33-36)30(6,7)8)27(26(34-38)22-12-10-9-11-13-22)35-17-14-23(31-35)20-29(3,4)5/h9-19,21H,20H2,1-8H3/p+1. The van der Waals surface area contributed by atoms with Crippen LogP contribution in [0.3, 0.4) is 0 Å². The number of hydrogen-bond acceptors (Lipinski definition) is 4. The minimum Gasteiger partial charge on any atom is -0.230 e. The third-order valence-electron chi connectivity index (χ3n) is 6.52. The summed E-state index contributed by atoms with van der Waals surface area (Å²) < 4.78 is 3.90. The summed E-state index contributed by atoms with van der Waals surface area (Å²) in [6, 6.07) is 16.5. The van der Waals surface area contributed by atoms with Crippen molar-refractivity contribution in [3.63, 3.8) is 0 Å². The summed E-state index contributed by atoms with van der Waals surface area (Å²) in [5.74, 6) is 1.16. The van der Waals surface area contributed by atoms with Gasteiger partial charge in [0.2, 0.25) is 0 Å². The molecule has 1 atom stereocenters. The Bertz CT molecular complexity index is 1480. The summed E-state index contributed by atoms with van der Waals surface area (Å²) >= 11 is 0. The first-order chi connectivity index (χ1) is 17.9. The summed E-state index contributed by atoms with van der Waals surface area (Å²) in [7, 11) is 0. The maximum atomic E-state index is 5.21. The second-order valence-corrected chi connectivity index (χ2v) is 12.6. The first-order valence-electron chi connectivity index (χ1n) is 13.3. The number of nitrogens with one attached hydrogen (secondary N) is 1. The molecule has 5 rings (SSSR count). The van der Waals surface area contributed by atoms with E-state index in [0.29, 0.717) is 5.92 Å². The molecule has 0 radical (unpaired) electrons. The van der Waals surface area contributed by atoms with Gasteiger partial charge in [-0.25, -0.2) is 4.68 Å². The lowest BCUT2D eigenvalue weighted by Gasteiger charge is -2.16. The summed E-state index contributed by atoms with van der Waals surface area (Å²) in [5, 5.41) is 20.9. The minimum absolute atomic E-state index is 0.0874. The molecule has 38 heavy (non-hydrogen) atoms. The van der Waals surface area contributed by atoms with Crippen molar-refractivity contribution in [1.82, 2.24) is 29.5 Å². The fourth-order valence-corrected chi connectivity index (χ4v) is 4.55. The van der Waals surface area contributed by atoms with Crippen LogP contribution >= 0.6 is 0 Å². The van der Waals surface area contributed by atoms with E-state index in [0.717, 1.165) is 51.4 Å². The molecule has 0 fully saturated rings. The van der Waals surface area contributed by atoms with E-state index >= 15 is 0 Å². The van der Waals surface area contributed by atoms with E-state index in [1.165, 1.54) is 0 Å². The molecule has 4 heterocycles. The fraction of sp³-hybridized carbons (Fsp3) is 0.400. The number of rotatable bonds is 6. The smallest absolute Gasteiger partial charge is 0.230 e. The van der Waals surface area contributed by atoms with Crippen molar-refractivity contribution in [3.05, 3.63) is 89.8 Å². The molecule has 0 aliphatic carbocycles. The molecule has 0 bridgehead atoms. The van der Waals surface area contributed by atoms with Crippen LogP contribution in [-0.4, -0.2) is 35.2 Å². The van der Waals surface area contributed by atoms with Crippen LogP contribution in [0.2, 0.25) is 0 Å². The maximum absolute atomic E-state index is 5.21. The van der Waals surface area contributed by atoms with Gasteiger partial charge < -0.3 is 0 Å². The van der Waals surface area contributed by atoms with E-state index in [1.54, 1.807) is 0 Å². The molecule has 0 spiro atoms. The second kappa shape index (κ2) is 9.51. The molecular formula is C30H39N8+. The van der Waals surface area contributed by atoms with E-state index in [4.69, 9.17) is 20.4 Å². The highest BCUT2D eigenvalue weighted by Gasteiger charge is 2.39. The summed E-state index contributed by atoms with van der Waals surface area (Å²) in [6.07, 6.45) is 6.92. The summed E-state index contributed by atoms with van der Waals surface area (Å²) in [6.45, 7) is 17.5. The molecule has 8 heteroatoms. The highest BCUT2D eigenvalue weighted by Crippen LogP contribution is 2.26. The SMILES string of the molecule is CC(C)c1ccn([NH+]2N=C(c3ccccc3)C(n3ccc(CC(C)(C)C)n3)=C2n2ccc(C(C)(C)C)n2)n1. The highest BCUT2D eigenvalue weighted by molar-refractivity contribution is 6.31. The second-order valence-electron chi connectivity index (χ2n) is 12.6. The number of benzene rings is 1. The fourth-order valence-electron chi connectivity index (χ4n) is 4.55. The molecule has 1 aromatic carbocycles. The normalized spacial score (nSPS) is 16.6. The monoisotopic (exact) mass is 511 g/mol. The van der Waals surface area contributed by atoms with E-state index in [-0.39, 0.29) is 10.8 Å². The molecular weight excluding hydrogens is 472 g/mol. The van der Waals surface area contributed by atoms with Crippen molar-refractivity contribution in [3.8, 4) is 0 Å². The molecule has 0 amide bonds. The van der Waals surface area contributed by atoms with E-state index in [9.17, 15) is 0 Å². The largest absolute Gasteiger partial charge is 0.309 e. The Morgan fingerprint density at radius 3 is 2.11 bits per heavy atom. The molecule has 0 saturated carbocycles. The van der Waals surface area contributed by atoms with Gasteiger partial charge in [0.15, 0.2) is 11.4 Å².